The van der Waals surface area contributed by atoms with E-state index in [1.54, 1.807) is 18.3 Å². The molecule has 2 N–H and O–H groups in total. The number of carbonyl (C=O) groups excluding carboxylic acids is 1. The zero-order valence-corrected chi connectivity index (χ0v) is 10.5. The Hall–Kier alpha value is -1.38. The predicted octanol–water partition coefficient (Wildman–Crippen LogP) is 2.92. The van der Waals surface area contributed by atoms with Crippen LogP contribution in [0, 0.1) is 17.8 Å². The molecule has 3 nitrogen and oxygen atoms in total. The second kappa shape index (κ2) is 4.86. The van der Waals surface area contributed by atoms with Gasteiger partial charge in [0.25, 0.3) is 0 Å². The van der Waals surface area contributed by atoms with Crippen LogP contribution in [0.2, 0.25) is 0 Å². The number of hydrogen-bond acceptors (Lipinski definition) is 3. The molecule has 0 spiro atoms. The predicted molar refractivity (Wildman–Crippen MR) is 68.6 cm³/mol. The third-order valence-corrected chi connectivity index (χ3v) is 4.01. The first-order valence-corrected chi connectivity index (χ1v) is 6.33. The number of nitrogens with zero attached hydrogens (tertiary/aromatic N) is 1. The van der Waals surface area contributed by atoms with Crippen molar-refractivity contribution in [3.05, 3.63) is 24.0 Å². The molecule has 0 saturated heterocycles. The van der Waals surface area contributed by atoms with Crippen LogP contribution in [0.25, 0.3) is 0 Å². The van der Waals surface area contributed by atoms with Gasteiger partial charge in [0.05, 0.1) is 11.9 Å². The van der Waals surface area contributed by atoms with Gasteiger partial charge < -0.3 is 5.73 Å². The lowest BCUT2D eigenvalue weighted by Gasteiger charge is -2.30. The highest BCUT2D eigenvalue weighted by Crippen LogP contribution is 2.34. The SMILES string of the molecule is CC1CCC(C(=O)c2ccc(N)cn2)CC1C. The second-order valence-corrected chi connectivity index (χ2v) is 5.31. The monoisotopic (exact) mass is 232 g/mol. The smallest absolute Gasteiger partial charge is 0.184 e. The molecule has 1 saturated carbocycles. The molecule has 3 heteroatoms. The van der Waals surface area contributed by atoms with E-state index in [9.17, 15) is 4.79 Å². The van der Waals surface area contributed by atoms with Crippen LogP contribution in [0.4, 0.5) is 5.69 Å². The summed E-state index contributed by atoms with van der Waals surface area (Å²) < 4.78 is 0. The molecule has 1 fully saturated rings. The molecule has 0 aliphatic heterocycles. The Morgan fingerprint density at radius 2 is 2.06 bits per heavy atom. The Morgan fingerprint density at radius 1 is 1.29 bits per heavy atom. The zero-order chi connectivity index (χ0) is 12.4. The number of hydrogen-bond donors (Lipinski definition) is 1. The van der Waals surface area contributed by atoms with Crippen LogP contribution in [0.15, 0.2) is 18.3 Å². The fourth-order valence-electron chi connectivity index (χ4n) is 2.55. The number of rotatable bonds is 2. The second-order valence-electron chi connectivity index (χ2n) is 5.31. The number of anilines is 1. The van der Waals surface area contributed by atoms with Crippen molar-refractivity contribution in [2.24, 2.45) is 17.8 Å². The minimum absolute atomic E-state index is 0.150. The van der Waals surface area contributed by atoms with Gasteiger partial charge in [-0.3, -0.25) is 9.78 Å². The molecule has 0 amide bonds. The van der Waals surface area contributed by atoms with Gasteiger partial charge in [0.2, 0.25) is 0 Å². The molecule has 0 radical (unpaired) electrons. The van der Waals surface area contributed by atoms with Gasteiger partial charge in [0, 0.05) is 5.92 Å². The average molecular weight is 232 g/mol. The van der Waals surface area contributed by atoms with E-state index in [2.05, 4.69) is 18.8 Å². The number of Topliss-reactive ketones (excluding diaryl/α,β-unsaturated/α-hetero) is 1. The lowest BCUT2D eigenvalue weighted by molar-refractivity contribution is 0.0832. The van der Waals surface area contributed by atoms with Crippen molar-refractivity contribution in [2.45, 2.75) is 33.1 Å². The molecule has 1 aliphatic carbocycles. The summed E-state index contributed by atoms with van der Waals surface area (Å²) in [5.41, 5.74) is 6.74. The van der Waals surface area contributed by atoms with Crippen molar-refractivity contribution in [3.8, 4) is 0 Å². The maximum Gasteiger partial charge on any atom is 0.184 e. The quantitative estimate of drug-likeness (QED) is 0.798. The van der Waals surface area contributed by atoms with E-state index in [-0.39, 0.29) is 11.7 Å². The Balaban J connectivity index is 2.08. The summed E-state index contributed by atoms with van der Waals surface area (Å²) in [6.07, 6.45) is 4.69. The van der Waals surface area contributed by atoms with Gasteiger partial charge >= 0.3 is 0 Å². The molecule has 2 rings (SSSR count). The van der Waals surface area contributed by atoms with Crippen LogP contribution in [-0.4, -0.2) is 10.8 Å². The van der Waals surface area contributed by atoms with E-state index in [4.69, 9.17) is 5.73 Å². The zero-order valence-electron chi connectivity index (χ0n) is 10.5. The molecule has 1 aromatic rings. The molecule has 0 aromatic carbocycles. The van der Waals surface area contributed by atoms with Crippen molar-refractivity contribution >= 4 is 11.5 Å². The molecule has 1 aliphatic rings. The Kier molecular flexibility index (Phi) is 3.46. The molecule has 3 atom stereocenters. The van der Waals surface area contributed by atoms with Gasteiger partial charge in [-0.15, -0.1) is 0 Å². The summed E-state index contributed by atoms with van der Waals surface area (Å²) >= 11 is 0. The fraction of sp³-hybridized carbons (Fsp3) is 0.571. The minimum atomic E-state index is 0.150. The van der Waals surface area contributed by atoms with Crippen LogP contribution >= 0.6 is 0 Å². The largest absolute Gasteiger partial charge is 0.397 e. The number of nitrogen functional groups attached to an aromatic ring is 1. The van der Waals surface area contributed by atoms with E-state index in [1.165, 1.54) is 0 Å². The summed E-state index contributed by atoms with van der Waals surface area (Å²) in [5.74, 6) is 1.70. The van der Waals surface area contributed by atoms with Crippen molar-refractivity contribution in [1.29, 1.82) is 0 Å². The highest BCUT2D eigenvalue weighted by atomic mass is 16.1. The van der Waals surface area contributed by atoms with Gasteiger partial charge in [-0.25, -0.2) is 0 Å². The third-order valence-electron chi connectivity index (χ3n) is 4.01. The lowest BCUT2D eigenvalue weighted by atomic mass is 9.74. The molecule has 17 heavy (non-hydrogen) atoms. The highest BCUT2D eigenvalue weighted by molar-refractivity contribution is 5.96. The highest BCUT2D eigenvalue weighted by Gasteiger charge is 2.30. The van der Waals surface area contributed by atoms with Crippen LogP contribution in [0.3, 0.4) is 0 Å². The van der Waals surface area contributed by atoms with Crippen molar-refractivity contribution in [2.75, 3.05) is 5.73 Å². The van der Waals surface area contributed by atoms with E-state index in [0.29, 0.717) is 17.3 Å². The number of aromatic nitrogens is 1. The normalized spacial score (nSPS) is 28.9. The fourth-order valence-corrected chi connectivity index (χ4v) is 2.55. The van der Waals surface area contributed by atoms with Gasteiger partial charge in [-0.05, 0) is 43.2 Å². The third kappa shape index (κ3) is 2.65. The Morgan fingerprint density at radius 3 is 2.65 bits per heavy atom. The van der Waals surface area contributed by atoms with E-state index in [0.717, 1.165) is 25.2 Å². The van der Waals surface area contributed by atoms with Crippen molar-refractivity contribution < 1.29 is 4.79 Å². The molecule has 3 unspecified atom stereocenters. The molecular formula is C14H20N2O. The van der Waals surface area contributed by atoms with Crippen molar-refractivity contribution in [3.63, 3.8) is 0 Å². The van der Waals surface area contributed by atoms with Crippen LogP contribution in [0.1, 0.15) is 43.6 Å². The first-order chi connectivity index (χ1) is 8.08. The van der Waals surface area contributed by atoms with E-state index in [1.807, 2.05) is 0 Å². The number of ketones is 1. The molecule has 1 heterocycles. The maximum absolute atomic E-state index is 12.3. The van der Waals surface area contributed by atoms with Crippen molar-refractivity contribution in [1.82, 2.24) is 4.98 Å². The van der Waals surface area contributed by atoms with Crippen LogP contribution in [0.5, 0.6) is 0 Å². The molecule has 1 aromatic heterocycles. The summed E-state index contributed by atoms with van der Waals surface area (Å²) in [5, 5.41) is 0. The first kappa shape index (κ1) is 12.1. The van der Waals surface area contributed by atoms with Gasteiger partial charge in [-0.1, -0.05) is 13.8 Å². The lowest BCUT2D eigenvalue weighted by Crippen LogP contribution is -2.27. The summed E-state index contributed by atoms with van der Waals surface area (Å²) in [6.45, 7) is 4.51. The Bertz CT molecular complexity index is 399. The number of carbonyl (C=O) groups is 1. The molecule has 0 bridgehead atoms. The molecular weight excluding hydrogens is 212 g/mol. The number of nitrogens with two attached hydrogens (primary N) is 1. The summed E-state index contributed by atoms with van der Waals surface area (Å²) in [6, 6.07) is 3.48. The Labute approximate surface area is 102 Å². The maximum atomic E-state index is 12.3. The van der Waals surface area contributed by atoms with Gasteiger partial charge in [-0.2, -0.15) is 0 Å². The average Bonchev–Trinajstić information content (AvgIpc) is 2.33. The minimum Gasteiger partial charge on any atom is -0.397 e. The number of pyridine rings is 1. The molecule has 92 valence electrons. The first-order valence-electron chi connectivity index (χ1n) is 6.33. The van der Waals surface area contributed by atoms with Gasteiger partial charge in [0.15, 0.2) is 5.78 Å². The van der Waals surface area contributed by atoms with Gasteiger partial charge in [0.1, 0.15) is 5.69 Å². The topological polar surface area (TPSA) is 56.0 Å². The standard InChI is InChI=1S/C14H20N2O/c1-9-3-4-11(7-10(9)2)14(17)13-6-5-12(15)8-16-13/h5-6,8-11H,3-4,7,15H2,1-2H3. The summed E-state index contributed by atoms with van der Waals surface area (Å²) in [4.78, 5) is 16.4. The van der Waals surface area contributed by atoms with Crippen LogP contribution < -0.4 is 5.73 Å². The van der Waals surface area contributed by atoms with E-state index >= 15 is 0 Å². The summed E-state index contributed by atoms with van der Waals surface area (Å²) in [7, 11) is 0. The van der Waals surface area contributed by atoms with E-state index < -0.39 is 0 Å². The van der Waals surface area contributed by atoms with Crippen LogP contribution in [-0.2, 0) is 0 Å².